The molecule has 0 atom stereocenters. The molecule has 5 nitrogen and oxygen atoms in total. The van der Waals surface area contributed by atoms with Crippen LogP contribution in [0.1, 0.15) is 0 Å². The van der Waals surface area contributed by atoms with Gasteiger partial charge in [0.15, 0.2) is 13.0 Å². The number of alkyl halides is 3. The van der Waals surface area contributed by atoms with Crippen molar-refractivity contribution < 1.29 is 30.2 Å². The Morgan fingerprint density at radius 1 is 1.24 bits per heavy atom. The van der Waals surface area contributed by atoms with E-state index in [1.165, 1.54) is 12.1 Å². The number of hydrogen-bond acceptors (Lipinski definition) is 5. The maximum Gasteiger partial charge on any atom is 0.534 e. The van der Waals surface area contributed by atoms with Crippen LogP contribution in [-0.4, -0.2) is 21.2 Å². The molecule has 0 N–H and O–H groups in total. The van der Waals surface area contributed by atoms with Crippen LogP contribution in [0, 0.1) is 0 Å². The van der Waals surface area contributed by atoms with Crippen molar-refractivity contribution in [1.29, 1.82) is 0 Å². The highest BCUT2D eigenvalue weighted by atomic mass is 32.2. The molecule has 0 aliphatic rings. The Balaban J connectivity index is 2.62. The maximum atomic E-state index is 12.3. The molecule has 0 fully saturated rings. The summed E-state index contributed by atoms with van der Waals surface area (Å²) in [5.74, 6) is -0.721. The Morgan fingerprint density at radius 3 is 2.48 bits per heavy atom. The molecule has 2 rings (SSSR count). The van der Waals surface area contributed by atoms with E-state index in [2.05, 4.69) is 4.18 Å². The third-order valence-electron chi connectivity index (χ3n) is 2.66. The third kappa shape index (κ3) is 3.04. The van der Waals surface area contributed by atoms with Crippen LogP contribution in [0.4, 0.5) is 13.2 Å². The third-order valence-corrected chi connectivity index (χ3v) is 3.63. The molecule has 21 heavy (non-hydrogen) atoms. The summed E-state index contributed by atoms with van der Waals surface area (Å²) in [6, 6.07) is 4.88. The van der Waals surface area contributed by atoms with Crippen molar-refractivity contribution >= 4 is 33.8 Å². The van der Waals surface area contributed by atoms with Gasteiger partial charge in [-0.05, 0) is 12.1 Å². The van der Waals surface area contributed by atoms with Gasteiger partial charge in [-0.2, -0.15) is 21.6 Å². The second-order valence-corrected chi connectivity index (χ2v) is 5.63. The fraction of sp³-hybridized carbons (Fsp3) is 0.182. The zero-order valence-electron chi connectivity index (χ0n) is 10.6. The summed E-state index contributed by atoms with van der Waals surface area (Å²) >= 11 is 0. The molecular formula is C11H8BF3O5S. The van der Waals surface area contributed by atoms with Gasteiger partial charge in [0.25, 0.3) is 0 Å². The van der Waals surface area contributed by atoms with E-state index in [1.807, 2.05) is 6.82 Å². The second-order valence-electron chi connectivity index (χ2n) is 4.10. The smallest absolute Gasteiger partial charge is 0.423 e. The molecule has 0 bridgehead atoms. The molecule has 112 valence electrons. The van der Waals surface area contributed by atoms with Gasteiger partial charge < -0.3 is 8.60 Å². The first-order valence-electron chi connectivity index (χ1n) is 5.71. The molecule has 1 aromatic carbocycles. The minimum Gasteiger partial charge on any atom is -0.423 e. The Hall–Kier alpha value is -1.97. The van der Waals surface area contributed by atoms with Crippen molar-refractivity contribution in [3.05, 3.63) is 34.7 Å². The van der Waals surface area contributed by atoms with Gasteiger partial charge in [0.1, 0.15) is 5.58 Å². The van der Waals surface area contributed by atoms with E-state index >= 15 is 0 Å². The lowest BCUT2D eigenvalue weighted by atomic mass is 9.73. The minimum atomic E-state index is -5.86. The molecule has 0 radical (unpaired) electrons. The van der Waals surface area contributed by atoms with Gasteiger partial charge in [0.2, 0.25) is 0 Å². The van der Waals surface area contributed by atoms with Gasteiger partial charge in [-0.3, -0.25) is 0 Å². The average molecular weight is 320 g/mol. The standard InChI is InChI=1S/C11H8BF3O5S/c1-12-6-2-3-7-8(4-6)19-10(16)5-9(7)20-21(17,18)11(13,14)15/h2-5,12H,1H3. The molecule has 0 unspecified atom stereocenters. The zero-order valence-corrected chi connectivity index (χ0v) is 11.4. The van der Waals surface area contributed by atoms with Crippen molar-refractivity contribution in [2.45, 2.75) is 12.3 Å². The van der Waals surface area contributed by atoms with Crippen molar-refractivity contribution in [2.24, 2.45) is 0 Å². The molecule has 1 aromatic heterocycles. The van der Waals surface area contributed by atoms with Crippen LogP contribution in [0.3, 0.4) is 0 Å². The van der Waals surface area contributed by atoms with Crippen LogP contribution in [0.15, 0.2) is 33.5 Å². The van der Waals surface area contributed by atoms with E-state index in [1.54, 1.807) is 6.07 Å². The summed E-state index contributed by atoms with van der Waals surface area (Å²) in [6.45, 7) is 1.83. The lowest BCUT2D eigenvalue weighted by molar-refractivity contribution is -0.0499. The summed E-state index contributed by atoms with van der Waals surface area (Å²) in [5.41, 5.74) is -5.88. The molecule has 10 heteroatoms. The average Bonchev–Trinajstić information content (AvgIpc) is 2.35. The van der Waals surface area contributed by atoms with Crippen molar-refractivity contribution in [3.8, 4) is 5.75 Å². The van der Waals surface area contributed by atoms with E-state index in [9.17, 15) is 26.4 Å². The number of fused-ring (bicyclic) bond motifs is 1. The topological polar surface area (TPSA) is 73.6 Å². The van der Waals surface area contributed by atoms with Crippen LogP contribution in [0.5, 0.6) is 5.75 Å². The van der Waals surface area contributed by atoms with E-state index in [0.29, 0.717) is 13.3 Å². The molecule has 0 saturated carbocycles. The molecule has 0 aliphatic heterocycles. The van der Waals surface area contributed by atoms with Crippen LogP contribution >= 0.6 is 0 Å². The molecule has 1 heterocycles. The number of halogens is 3. The van der Waals surface area contributed by atoms with Gasteiger partial charge in [0, 0.05) is 0 Å². The van der Waals surface area contributed by atoms with Gasteiger partial charge in [0.05, 0.1) is 11.5 Å². The molecule has 0 amide bonds. The number of rotatable bonds is 3. The van der Waals surface area contributed by atoms with Crippen molar-refractivity contribution in [2.75, 3.05) is 0 Å². The van der Waals surface area contributed by atoms with Crippen LogP contribution < -0.4 is 15.3 Å². The Morgan fingerprint density at radius 2 is 1.90 bits per heavy atom. The van der Waals surface area contributed by atoms with Crippen LogP contribution in [0.25, 0.3) is 11.0 Å². The highest BCUT2D eigenvalue weighted by Crippen LogP contribution is 2.30. The number of hydrogen-bond donors (Lipinski definition) is 0. The minimum absolute atomic E-state index is 0.0420. The lowest BCUT2D eigenvalue weighted by Crippen LogP contribution is -2.28. The first-order valence-corrected chi connectivity index (χ1v) is 7.12. The predicted molar refractivity (Wildman–Crippen MR) is 70.7 cm³/mol. The van der Waals surface area contributed by atoms with Gasteiger partial charge in [-0.15, -0.1) is 0 Å². The quantitative estimate of drug-likeness (QED) is 0.367. The van der Waals surface area contributed by atoms with Gasteiger partial charge in [-0.25, -0.2) is 4.79 Å². The molecular weight excluding hydrogens is 312 g/mol. The normalized spacial score (nSPS) is 12.4. The van der Waals surface area contributed by atoms with E-state index in [0.717, 1.165) is 5.46 Å². The fourth-order valence-corrected chi connectivity index (χ4v) is 2.10. The molecule has 0 aliphatic carbocycles. The van der Waals surface area contributed by atoms with E-state index in [-0.39, 0.29) is 11.0 Å². The molecule has 0 spiro atoms. The first-order chi connectivity index (χ1) is 9.64. The summed E-state index contributed by atoms with van der Waals surface area (Å²) in [6.07, 6.45) is 0. The summed E-state index contributed by atoms with van der Waals surface area (Å²) in [5, 5.41) is -0.0420. The monoisotopic (exact) mass is 320 g/mol. The summed E-state index contributed by atoms with van der Waals surface area (Å²) < 4.78 is 67.9. The lowest BCUT2D eigenvalue weighted by Gasteiger charge is -2.10. The fourth-order valence-electron chi connectivity index (χ4n) is 1.63. The van der Waals surface area contributed by atoms with E-state index < -0.39 is 27.0 Å². The van der Waals surface area contributed by atoms with Crippen LogP contribution in [0.2, 0.25) is 6.82 Å². The molecule has 2 aromatic rings. The zero-order chi connectivity index (χ0) is 15.8. The maximum absolute atomic E-state index is 12.3. The first kappa shape index (κ1) is 15.4. The number of benzene rings is 1. The Labute approximate surface area is 117 Å². The van der Waals surface area contributed by atoms with Gasteiger partial charge >= 0.3 is 21.3 Å². The largest absolute Gasteiger partial charge is 0.534 e. The Kier molecular flexibility index (Phi) is 3.75. The van der Waals surface area contributed by atoms with Crippen molar-refractivity contribution in [1.82, 2.24) is 0 Å². The van der Waals surface area contributed by atoms with E-state index in [4.69, 9.17) is 4.42 Å². The summed E-state index contributed by atoms with van der Waals surface area (Å²) in [7, 11) is -5.25. The highest BCUT2D eigenvalue weighted by Gasteiger charge is 2.48. The predicted octanol–water partition coefficient (Wildman–Crippen LogP) is 1.13. The molecule has 0 saturated heterocycles. The Bertz CT molecular complexity index is 841. The van der Waals surface area contributed by atoms with Crippen LogP contribution in [-0.2, 0) is 10.1 Å². The van der Waals surface area contributed by atoms with Crippen molar-refractivity contribution in [3.63, 3.8) is 0 Å². The SMILES string of the molecule is CBc1ccc2c(OS(=O)(=O)C(F)(F)F)cc(=O)oc2c1. The second kappa shape index (κ2) is 5.10. The van der Waals surface area contributed by atoms with Gasteiger partial charge in [-0.1, -0.05) is 18.4 Å². The highest BCUT2D eigenvalue weighted by molar-refractivity contribution is 7.88. The summed E-state index contributed by atoms with van der Waals surface area (Å²) in [4.78, 5) is 11.3.